The van der Waals surface area contributed by atoms with Gasteiger partial charge in [-0.15, -0.1) is 0 Å². The highest BCUT2D eigenvalue weighted by Gasteiger charge is 2.43. The van der Waals surface area contributed by atoms with Crippen molar-refractivity contribution >= 4 is 23.4 Å². The van der Waals surface area contributed by atoms with Gasteiger partial charge in [-0.25, -0.2) is 0 Å². The summed E-state index contributed by atoms with van der Waals surface area (Å²) in [6.45, 7) is 3.49. The van der Waals surface area contributed by atoms with Gasteiger partial charge in [0, 0.05) is 31.2 Å². The Morgan fingerprint density at radius 2 is 1.32 bits per heavy atom. The van der Waals surface area contributed by atoms with Gasteiger partial charge in [0.05, 0.1) is 25.0 Å². The number of nitrogens with zero attached hydrogens (tertiary/aromatic N) is 3. The summed E-state index contributed by atoms with van der Waals surface area (Å²) in [4.78, 5) is 31.9. The number of carbonyl (C=O) groups excluding carboxylic acids is 2. The van der Waals surface area contributed by atoms with Crippen LogP contribution in [0.4, 0.5) is 0 Å². The molecular formula is C28H28ClN3O2. The zero-order valence-electron chi connectivity index (χ0n) is 19.0. The lowest BCUT2D eigenvalue weighted by atomic mass is 9.96. The van der Waals surface area contributed by atoms with E-state index in [0.717, 1.165) is 31.7 Å². The van der Waals surface area contributed by atoms with E-state index in [2.05, 4.69) is 58.3 Å². The molecule has 0 aliphatic carbocycles. The number of likely N-dealkylation sites (tertiary alicyclic amines) is 1. The SMILES string of the molecule is O=C1C[C@@H](N2CCN(C(c3ccccc3)c3ccccc3)CC2)C(=O)N1Cc1ccc(Cl)cc1. The quantitative estimate of drug-likeness (QED) is 0.498. The summed E-state index contributed by atoms with van der Waals surface area (Å²) in [5.41, 5.74) is 3.44. The van der Waals surface area contributed by atoms with Crippen molar-refractivity contribution in [2.75, 3.05) is 26.2 Å². The molecular weight excluding hydrogens is 446 g/mol. The Hall–Kier alpha value is -2.99. The zero-order chi connectivity index (χ0) is 23.5. The fourth-order valence-electron chi connectivity index (χ4n) is 5.08. The Morgan fingerprint density at radius 1 is 0.765 bits per heavy atom. The molecule has 2 fully saturated rings. The third kappa shape index (κ3) is 4.78. The lowest BCUT2D eigenvalue weighted by Crippen LogP contribution is -2.53. The van der Waals surface area contributed by atoms with E-state index < -0.39 is 0 Å². The van der Waals surface area contributed by atoms with Crippen LogP contribution < -0.4 is 0 Å². The zero-order valence-corrected chi connectivity index (χ0v) is 19.8. The average molecular weight is 474 g/mol. The van der Waals surface area contributed by atoms with Crippen LogP contribution in [0.2, 0.25) is 5.02 Å². The molecule has 0 radical (unpaired) electrons. The monoisotopic (exact) mass is 473 g/mol. The standard InChI is InChI=1S/C28H28ClN3O2/c29-24-13-11-21(12-14-24)20-32-26(33)19-25(28(32)34)30-15-17-31(18-16-30)27(22-7-3-1-4-8-22)23-9-5-2-6-10-23/h1-14,25,27H,15-20H2/t25-/m1/s1. The maximum absolute atomic E-state index is 13.2. The van der Waals surface area contributed by atoms with Gasteiger partial charge in [0.15, 0.2) is 0 Å². The summed E-state index contributed by atoms with van der Waals surface area (Å²) in [6, 6.07) is 28.2. The molecule has 2 aliphatic rings. The fraction of sp³-hybridized carbons (Fsp3) is 0.286. The molecule has 2 saturated heterocycles. The smallest absolute Gasteiger partial charge is 0.247 e. The summed E-state index contributed by atoms with van der Waals surface area (Å²) in [7, 11) is 0. The van der Waals surface area contributed by atoms with Crippen molar-refractivity contribution in [2.24, 2.45) is 0 Å². The minimum atomic E-state index is -0.367. The first-order valence-corrected chi connectivity index (χ1v) is 12.1. The van der Waals surface area contributed by atoms with Crippen LogP contribution in [0.5, 0.6) is 0 Å². The van der Waals surface area contributed by atoms with E-state index >= 15 is 0 Å². The van der Waals surface area contributed by atoms with Gasteiger partial charge < -0.3 is 0 Å². The average Bonchev–Trinajstić information content (AvgIpc) is 3.16. The molecule has 0 unspecified atom stereocenters. The second kappa shape index (κ2) is 10.1. The van der Waals surface area contributed by atoms with Crippen LogP contribution in [0.15, 0.2) is 84.9 Å². The summed E-state index contributed by atoms with van der Waals surface area (Å²) >= 11 is 5.96. The third-order valence-electron chi connectivity index (χ3n) is 6.86. The number of carbonyl (C=O) groups is 2. The summed E-state index contributed by atoms with van der Waals surface area (Å²) in [5.74, 6) is -0.185. The molecule has 2 aliphatic heterocycles. The Balaban J connectivity index is 1.26. The highest BCUT2D eigenvalue weighted by atomic mass is 35.5. The molecule has 5 rings (SSSR count). The van der Waals surface area contributed by atoms with E-state index in [0.29, 0.717) is 11.6 Å². The number of hydrogen-bond donors (Lipinski definition) is 0. The second-order valence-electron chi connectivity index (χ2n) is 8.96. The molecule has 5 nitrogen and oxygen atoms in total. The van der Waals surface area contributed by atoms with Crippen LogP contribution in [0, 0.1) is 0 Å². The largest absolute Gasteiger partial charge is 0.290 e. The highest BCUT2D eigenvalue weighted by molar-refractivity contribution is 6.30. The third-order valence-corrected chi connectivity index (χ3v) is 7.11. The van der Waals surface area contributed by atoms with Gasteiger partial charge in [0.1, 0.15) is 0 Å². The predicted molar refractivity (Wildman–Crippen MR) is 133 cm³/mol. The molecule has 0 N–H and O–H groups in total. The van der Waals surface area contributed by atoms with Crippen molar-refractivity contribution in [1.29, 1.82) is 0 Å². The molecule has 3 aromatic carbocycles. The lowest BCUT2D eigenvalue weighted by molar-refractivity contribution is -0.140. The van der Waals surface area contributed by atoms with Crippen LogP contribution in [-0.2, 0) is 16.1 Å². The number of piperazine rings is 1. The van der Waals surface area contributed by atoms with Crippen molar-refractivity contribution < 1.29 is 9.59 Å². The van der Waals surface area contributed by atoms with Gasteiger partial charge in [-0.1, -0.05) is 84.4 Å². The normalized spacial score (nSPS) is 19.8. The van der Waals surface area contributed by atoms with Crippen molar-refractivity contribution in [2.45, 2.75) is 25.0 Å². The van der Waals surface area contributed by atoms with Gasteiger partial charge in [0.2, 0.25) is 11.8 Å². The summed E-state index contributed by atoms with van der Waals surface area (Å²) < 4.78 is 0. The van der Waals surface area contributed by atoms with Gasteiger partial charge in [-0.2, -0.15) is 0 Å². The van der Waals surface area contributed by atoms with E-state index in [4.69, 9.17) is 11.6 Å². The van der Waals surface area contributed by atoms with Crippen molar-refractivity contribution in [3.8, 4) is 0 Å². The van der Waals surface area contributed by atoms with Gasteiger partial charge in [-0.3, -0.25) is 24.3 Å². The maximum Gasteiger partial charge on any atom is 0.247 e. The molecule has 174 valence electrons. The first kappa shape index (κ1) is 22.8. The molecule has 0 saturated carbocycles. The van der Waals surface area contributed by atoms with E-state index in [9.17, 15) is 9.59 Å². The predicted octanol–water partition coefficient (Wildman–Crippen LogP) is 4.37. The molecule has 0 aromatic heterocycles. The van der Waals surface area contributed by atoms with E-state index in [-0.39, 0.29) is 30.3 Å². The maximum atomic E-state index is 13.2. The van der Waals surface area contributed by atoms with Crippen LogP contribution in [0.3, 0.4) is 0 Å². The van der Waals surface area contributed by atoms with Crippen LogP contribution >= 0.6 is 11.6 Å². The summed E-state index contributed by atoms with van der Waals surface area (Å²) in [5, 5.41) is 0.642. The minimum absolute atomic E-state index is 0.0870. The topological polar surface area (TPSA) is 43.9 Å². The highest BCUT2D eigenvalue weighted by Crippen LogP contribution is 2.31. The fourth-order valence-corrected chi connectivity index (χ4v) is 5.21. The second-order valence-corrected chi connectivity index (χ2v) is 9.40. The van der Waals surface area contributed by atoms with Gasteiger partial charge in [0.25, 0.3) is 0 Å². The molecule has 2 heterocycles. The molecule has 0 bridgehead atoms. The van der Waals surface area contributed by atoms with Crippen molar-refractivity contribution in [3.05, 3.63) is 107 Å². The van der Waals surface area contributed by atoms with Crippen LogP contribution in [0.1, 0.15) is 29.2 Å². The minimum Gasteiger partial charge on any atom is -0.290 e. The number of imide groups is 1. The molecule has 6 heteroatoms. The number of amides is 2. The first-order valence-electron chi connectivity index (χ1n) is 11.8. The van der Waals surface area contributed by atoms with Gasteiger partial charge in [-0.05, 0) is 28.8 Å². The molecule has 2 amide bonds. The van der Waals surface area contributed by atoms with Crippen molar-refractivity contribution in [1.82, 2.24) is 14.7 Å². The number of rotatable bonds is 6. The number of halogens is 1. The Bertz CT molecular complexity index is 1090. The first-order chi connectivity index (χ1) is 16.6. The van der Waals surface area contributed by atoms with E-state index in [1.165, 1.54) is 16.0 Å². The van der Waals surface area contributed by atoms with Crippen LogP contribution in [0.25, 0.3) is 0 Å². The van der Waals surface area contributed by atoms with Gasteiger partial charge >= 0.3 is 0 Å². The van der Waals surface area contributed by atoms with E-state index in [1.807, 2.05) is 24.3 Å². The van der Waals surface area contributed by atoms with Crippen molar-refractivity contribution in [3.63, 3.8) is 0 Å². The number of hydrogen-bond acceptors (Lipinski definition) is 4. The Kier molecular flexibility index (Phi) is 6.77. The molecule has 3 aromatic rings. The molecule has 34 heavy (non-hydrogen) atoms. The molecule has 0 spiro atoms. The van der Waals surface area contributed by atoms with Crippen LogP contribution in [-0.4, -0.2) is 58.7 Å². The lowest BCUT2D eigenvalue weighted by Gasteiger charge is -2.41. The Labute approximate surface area is 205 Å². The summed E-state index contributed by atoms with van der Waals surface area (Å²) in [6.07, 6.45) is 0.257. The van der Waals surface area contributed by atoms with E-state index in [1.54, 1.807) is 12.1 Å². The molecule has 1 atom stereocenters. The number of benzene rings is 3. The Morgan fingerprint density at radius 3 is 1.88 bits per heavy atom.